The van der Waals surface area contributed by atoms with Gasteiger partial charge in [-0.05, 0) is 36.8 Å². The second-order valence-corrected chi connectivity index (χ2v) is 6.97. The van der Waals surface area contributed by atoms with Crippen molar-refractivity contribution in [2.45, 2.75) is 17.2 Å². The zero-order valence-electron chi connectivity index (χ0n) is 11.7. The normalized spacial score (nSPS) is 19.8. The number of H-pyrrole nitrogens is 1. The molecule has 1 aliphatic rings. The van der Waals surface area contributed by atoms with Crippen LogP contribution in [0.5, 0.6) is 5.75 Å². The standard InChI is InChI=1S/C14H17N3O3S/c1-20-12-2-4-13(5-3-12)21(18,19)17-9-7-11(10-17)14-6-8-15-16-14/h2-6,8,11H,7,9-10H2,1H3,(H,15,16)/t11-/m1/s1. The summed E-state index contributed by atoms with van der Waals surface area (Å²) >= 11 is 0. The average molecular weight is 307 g/mol. The maximum Gasteiger partial charge on any atom is 0.243 e. The smallest absolute Gasteiger partial charge is 0.243 e. The Bertz CT molecular complexity index is 696. The van der Waals surface area contributed by atoms with E-state index in [0.717, 1.165) is 12.1 Å². The molecule has 0 aliphatic carbocycles. The Labute approximate surface area is 123 Å². The van der Waals surface area contributed by atoms with Crippen LogP contribution in [-0.2, 0) is 10.0 Å². The Kier molecular flexibility index (Phi) is 3.69. The number of rotatable bonds is 4. The molecule has 7 heteroatoms. The highest BCUT2D eigenvalue weighted by atomic mass is 32.2. The van der Waals surface area contributed by atoms with Crippen LogP contribution in [-0.4, -0.2) is 43.1 Å². The fourth-order valence-electron chi connectivity index (χ4n) is 2.59. The minimum Gasteiger partial charge on any atom is -0.497 e. The number of benzene rings is 1. The Morgan fingerprint density at radius 1 is 1.29 bits per heavy atom. The summed E-state index contributed by atoms with van der Waals surface area (Å²) in [7, 11) is -1.89. The molecule has 0 spiro atoms. The van der Waals surface area contributed by atoms with E-state index in [4.69, 9.17) is 4.74 Å². The summed E-state index contributed by atoms with van der Waals surface area (Å²) in [6, 6.07) is 8.38. The first-order valence-corrected chi connectivity index (χ1v) is 8.19. The van der Waals surface area contributed by atoms with E-state index in [9.17, 15) is 8.42 Å². The van der Waals surface area contributed by atoms with Crippen molar-refractivity contribution in [2.24, 2.45) is 0 Å². The lowest BCUT2D eigenvalue weighted by atomic mass is 10.1. The fourth-order valence-corrected chi connectivity index (χ4v) is 4.09. The van der Waals surface area contributed by atoms with Crippen molar-refractivity contribution in [1.82, 2.24) is 14.5 Å². The molecule has 2 aromatic rings. The molecule has 0 amide bonds. The highest BCUT2D eigenvalue weighted by molar-refractivity contribution is 7.89. The van der Waals surface area contributed by atoms with Gasteiger partial charge >= 0.3 is 0 Å². The van der Waals surface area contributed by atoms with Crippen LogP contribution in [0.25, 0.3) is 0 Å². The molecule has 1 atom stereocenters. The van der Waals surface area contributed by atoms with Crippen LogP contribution in [0.3, 0.4) is 0 Å². The predicted octanol–water partition coefficient (Wildman–Crippen LogP) is 1.60. The molecule has 0 saturated carbocycles. The van der Waals surface area contributed by atoms with Gasteiger partial charge in [-0.1, -0.05) is 0 Å². The molecule has 3 rings (SSSR count). The van der Waals surface area contributed by atoms with Gasteiger partial charge in [-0.25, -0.2) is 8.42 Å². The number of hydrogen-bond acceptors (Lipinski definition) is 4. The topological polar surface area (TPSA) is 75.3 Å². The summed E-state index contributed by atoms with van der Waals surface area (Å²) < 4.78 is 31.8. The first kappa shape index (κ1) is 14.1. The molecule has 0 unspecified atom stereocenters. The van der Waals surface area contributed by atoms with Crippen LogP contribution < -0.4 is 4.74 Å². The van der Waals surface area contributed by atoms with Gasteiger partial charge in [-0.2, -0.15) is 9.40 Å². The molecular weight excluding hydrogens is 290 g/mol. The van der Waals surface area contributed by atoms with Crippen LogP contribution in [0.4, 0.5) is 0 Å². The number of aromatic amines is 1. The van der Waals surface area contributed by atoms with E-state index < -0.39 is 10.0 Å². The molecule has 1 aromatic carbocycles. The van der Waals surface area contributed by atoms with Gasteiger partial charge in [0.15, 0.2) is 0 Å². The number of aromatic nitrogens is 2. The number of hydrogen-bond donors (Lipinski definition) is 1. The number of sulfonamides is 1. The van der Waals surface area contributed by atoms with Crippen molar-refractivity contribution < 1.29 is 13.2 Å². The van der Waals surface area contributed by atoms with Gasteiger partial charge in [-0.15, -0.1) is 0 Å². The molecule has 2 heterocycles. The zero-order chi connectivity index (χ0) is 14.9. The molecule has 112 valence electrons. The van der Waals surface area contributed by atoms with E-state index in [1.807, 2.05) is 6.07 Å². The number of nitrogens with zero attached hydrogens (tertiary/aromatic N) is 2. The third kappa shape index (κ3) is 2.66. The average Bonchev–Trinajstić information content (AvgIpc) is 3.18. The van der Waals surface area contributed by atoms with Crippen molar-refractivity contribution in [3.63, 3.8) is 0 Å². The van der Waals surface area contributed by atoms with Gasteiger partial charge < -0.3 is 4.74 Å². The molecule has 0 radical (unpaired) electrons. The van der Waals surface area contributed by atoms with Crippen molar-refractivity contribution in [3.05, 3.63) is 42.2 Å². The van der Waals surface area contributed by atoms with Crippen LogP contribution >= 0.6 is 0 Å². The van der Waals surface area contributed by atoms with Crippen LogP contribution in [0.1, 0.15) is 18.0 Å². The van der Waals surface area contributed by atoms with E-state index in [-0.39, 0.29) is 5.92 Å². The van der Waals surface area contributed by atoms with E-state index in [1.54, 1.807) is 37.6 Å². The molecule has 1 saturated heterocycles. The minimum absolute atomic E-state index is 0.181. The fraction of sp³-hybridized carbons (Fsp3) is 0.357. The highest BCUT2D eigenvalue weighted by Gasteiger charge is 2.33. The van der Waals surface area contributed by atoms with E-state index in [2.05, 4.69) is 10.2 Å². The van der Waals surface area contributed by atoms with Crippen molar-refractivity contribution in [2.75, 3.05) is 20.2 Å². The molecule has 21 heavy (non-hydrogen) atoms. The molecule has 1 N–H and O–H groups in total. The van der Waals surface area contributed by atoms with Crippen molar-refractivity contribution in [3.8, 4) is 5.75 Å². The molecule has 0 bridgehead atoms. The molecular formula is C14H17N3O3S. The SMILES string of the molecule is COc1ccc(S(=O)(=O)N2CC[C@@H](c3ccn[nH]3)C2)cc1. The zero-order valence-corrected chi connectivity index (χ0v) is 12.5. The molecule has 1 aromatic heterocycles. The van der Waals surface area contributed by atoms with Crippen molar-refractivity contribution >= 4 is 10.0 Å². The third-order valence-electron chi connectivity index (χ3n) is 3.81. The van der Waals surface area contributed by atoms with Crippen LogP contribution in [0.15, 0.2) is 41.4 Å². The first-order chi connectivity index (χ1) is 10.1. The van der Waals surface area contributed by atoms with Crippen molar-refractivity contribution in [1.29, 1.82) is 0 Å². The lowest BCUT2D eigenvalue weighted by Gasteiger charge is -2.16. The van der Waals surface area contributed by atoms with Gasteiger partial charge in [0.2, 0.25) is 10.0 Å². The largest absolute Gasteiger partial charge is 0.497 e. The predicted molar refractivity (Wildman–Crippen MR) is 77.7 cm³/mol. The monoisotopic (exact) mass is 307 g/mol. The highest BCUT2D eigenvalue weighted by Crippen LogP contribution is 2.30. The van der Waals surface area contributed by atoms with Gasteiger partial charge in [0.1, 0.15) is 5.75 Å². The Hall–Kier alpha value is -1.86. The summed E-state index contributed by atoms with van der Waals surface area (Å²) in [6.45, 7) is 1.01. The maximum atomic E-state index is 12.6. The Morgan fingerprint density at radius 2 is 2.05 bits per heavy atom. The number of ether oxygens (including phenoxy) is 1. The molecule has 6 nitrogen and oxygen atoms in total. The summed E-state index contributed by atoms with van der Waals surface area (Å²) in [6.07, 6.45) is 2.49. The quantitative estimate of drug-likeness (QED) is 0.931. The van der Waals surface area contributed by atoms with Crippen LogP contribution in [0.2, 0.25) is 0 Å². The van der Waals surface area contributed by atoms with E-state index in [0.29, 0.717) is 23.7 Å². The van der Waals surface area contributed by atoms with Gasteiger partial charge in [0.05, 0.1) is 12.0 Å². The molecule has 1 fully saturated rings. The number of nitrogens with one attached hydrogen (secondary N) is 1. The number of methoxy groups -OCH3 is 1. The van der Waals surface area contributed by atoms with Crippen LogP contribution in [0, 0.1) is 0 Å². The maximum absolute atomic E-state index is 12.6. The summed E-state index contributed by atoms with van der Waals surface area (Å²) in [5.41, 5.74) is 0.988. The first-order valence-electron chi connectivity index (χ1n) is 6.75. The molecule has 1 aliphatic heterocycles. The van der Waals surface area contributed by atoms with E-state index >= 15 is 0 Å². The third-order valence-corrected chi connectivity index (χ3v) is 5.69. The summed E-state index contributed by atoms with van der Waals surface area (Å²) in [5, 5.41) is 6.84. The van der Waals surface area contributed by atoms with Gasteiger partial charge in [0.25, 0.3) is 0 Å². The second kappa shape index (κ2) is 5.50. The lowest BCUT2D eigenvalue weighted by molar-refractivity contribution is 0.414. The second-order valence-electron chi connectivity index (χ2n) is 5.04. The Morgan fingerprint density at radius 3 is 2.67 bits per heavy atom. The lowest BCUT2D eigenvalue weighted by Crippen LogP contribution is -2.28. The van der Waals surface area contributed by atoms with E-state index in [1.165, 1.54) is 4.31 Å². The Balaban J connectivity index is 1.79. The summed E-state index contributed by atoms with van der Waals surface area (Å²) in [5.74, 6) is 0.825. The summed E-state index contributed by atoms with van der Waals surface area (Å²) in [4.78, 5) is 0.300. The minimum atomic E-state index is -3.44. The van der Waals surface area contributed by atoms with Gasteiger partial charge in [-0.3, -0.25) is 5.10 Å². The van der Waals surface area contributed by atoms with Gasteiger partial charge in [0, 0.05) is 30.9 Å².